The molecule has 1 aliphatic carbocycles. The van der Waals surface area contributed by atoms with E-state index in [1.54, 1.807) is 7.05 Å². The number of carbonyl (C=O) groups is 2. The highest BCUT2D eigenvalue weighted by Crippen LogP contribution is 2.26. The molecule has 1 aromatic rings. The van der Waals surface area contributed by atoms with Crippen LogP contribution in [0, 0.1) is 11.8 Å². The van der Waals surface area contributed by atoms with Gasteiger partial charge in [-0.25, -0.2) is 0 Å². The Morgan fingerprint density at radius 3 is 1.28 bits per heavy atom. The minimum Gasteiger partial charge on any atom is -0.465 e. The summed E-state index contributed by atoms with van der Waals surface area (Å²) in [7, 11) is 1.68. The lowest BCUT2D eigenvalue weighted by atomic mass is 9.91. The van der Waals surface area contributed by atoms with Crippen molar-refractivity contribution in [2.45, 2.75) is 284 Å². The normalized spacial score (nSPS) is 13.0. The maximum Gasteiger partial charge on any atom is 0.305 e. The molecule has 0 saturated heterocycles. The number of hydrogen-bond acceptors (Lipinski definition) is 10. The van der Waals surface area contributed by atoms with E-state index in [-0.39, 0.29) is 11.9 Å². The predicted molar refractivity (Wildman–Crippen MR) is 303 cm³/mol. The largest absolute Gasteiger partial charge is 0.465 e. The van der Waals surface area contributed by atoms with Gasteiger partial charge in [0.15, 0.2) is 0 Å². The van der Waals surface area contributed by atoms with Crippen LogP contribution in [0.1, 0.15) is 278 Å². The van der Waals surface area contributed by atoms with Gasteiger partial charge in [-0.05, 0) is 89.1 Å². The summed E-state index contributed by atoms with van der Waals surface area (Å²) in [5.74, 6) is 0.919. The van der Waals surface area contributed by atoms with E-state index < -0.39 is 10.9 Å². The number of hydrogen-bond donors (Lipinski definition) is 2. The summed E-state index contributed by atoms with van der Waals surface area (Å²) in [5.41, 5.74) is -0.108. The molecule has 0 amide bonds. The Hall–Kier alpha value is -2.46. The zero-order chi connectivity index (χ0) is 51.4. The highest BCUT2D eigenvalue weighted by Gasteiger charge is 2.25. The Kier molecular flexibility index (Phi) is 41.0. The van der Waals surface area contributed by atoms with Gasteiger partial charge in [0.25, 0.3) is 10.9 Å². The van der Waals surface area contributed by atoms with Gasteiger partial charge in [-0.3, -0.25) is 24.1 Å². The Bertz CT molecular complexity index is 1440. The summed E-state index contributed by atoms with van der Waals surface area (Å²) in [6, 6.07) is 0.624. The van der Waals surface area contributed by atoms with Crippen molar-refractivity contribution in [2.24, 2.45) is 11.8 Å². The molecule has 71 heavy (non-hydrogen) atoms. The van der Waals surface area contributed by atoms with Crippen LogP contribution in [0.3, 0.4) is 0 Å². The van der Waals surface area contributed by atoms with Gasteiger partial charge in [0.2, 0.25) is 0 Å². The molecule has 2 rings (SSSR count). The molecule has 10 heteroatoms. The van der Waals surface area contributed by atoms with Crippen LogP contribution in [0.15, 0.2) is 9.59 Å². The fourth-order valence-corrected chi connectivity index (χ4v) is 10.6. The molecule has 1 aromatic carbocycles. The third-order valence-corrected chi connectivity index (χ3v) is 15.7. The topological polar surface area (TPSA) is 117 Å². The minimum atomic E-state index is -0.448. The lowest BCUT2D eigenvalue weighted by Gasteiger charge is -2.39. The molecule has 1 aliphatic rings. The third-order valence-electron chi connectivity index (χ3n) is 15.7. The summed E-state index contributed by atoms with van der Waals surface area (Å²) in [5, 5.41) is 6.13. The molecule has 414 valence electrons. The average molecular weight is 1000 g/mol. The molecule has 0 bridgehead atoms. The fraction of sp³-hybridized carbons (Fsp3) is 0.902. The number of nitrogens with one attached hydrogen (secondary N) is 2. The second-order valence-electron chi connectivity index (χ2n) is 22.0. The lowest BCUT2D eigenvalue weighted by molar-refractivity contribution is -0.146. The first-order valence-electron chi connectivity index (χ1n) is 30.8. The van der Waals surface area contributed by atoms with Gasteiger partial charge in [-0.2, -0.15) is 0 Å². The first kappa shape index (κ1) is 64.7. The van der Waals surface area contributed by atoms with Crippen LogP contribution < -0.4 is 21.5 Å². The van der Waals surface area contributed by atoms with Gasteiger partial charge in [0.1, 0.15) is 11.4 Å². The van der Waals surface area contributed by atoms with Gasteiger partial charge in [0.05, 0.1) is 13.2 Å². The SMILES string of the molecule is CCCCCCCCC(CCCCCCCC)COC(=O)CCCCCN(CCNc1c(NC)c(=O)c1=O)CCN(CCCCCC(=O)OCC(CCCCCCCC)CCCCCCCC)C1CCC1. The number of nitrogens with zero attached hydrogens (tertiary/aromatic N) is 2. The molecule has 1 fully saturated rings. The van der Waals surface area contributed by atoms with E-state index in [2.05, 4.69) is 48.1 Å². The van der Waals surface area contributed by atoms with Crippen LogP contribution in [0.4, 0.5) is 11.4 Å². The zero-order valence-corrected chi connectivity index (χ0v) is 47.3. The maximum absolute atomic E-state index is 13.0. The lowest BCUT2D eigenvalue weighted by Crippen LogP contribution is -2.45. The Labute approximate surface area is 437 Å². The molecule has 0 aromatic heterocycles. The van der Waals surface area contributed by atoms with E-state index in [9.17, 15) is 19.2 Å². The Morgan fingerprint density at radius 1 is 0.479 bits per heavy atom. The van der Waals surface area contributed by atoms with Crippen LogP contribution >= 0.6 is 0 Å². The molecule has 0 aliphatic heterocycles. The van der Waals surface area contributed by atoms with E-state index in [0.717, 1.165) is 71.2 Å². The number of ether oxygens (including phenoxy) is 2. The number of esters is 2. The van der Waals surface area contributed by atoms with Crippen molar-refractivity contribution in [3.05, 3.63) is 20.4 Å². The third kappa shape index (κ3) is 32.5. The molecule has 10 nitrogen and oxygen atoms in total. The number of rotatable bonds is 53. The first-order valence-corrected chi connectivity index (χ1v) is 30.8. The molecular formula is C61H114N4O6. The van der Waals surface area contributed by atoms with Crippen LogP contribution in [0.2, 0.25) is 0 Å². The highest BCUT2D eigenvalue weighted by atomic mass is 16.5. The maximum atomic E-state index is 13.0. The van der Waals surface area contributed by atoms with Gasteiger partial charge >= 0.3 is 11.9 Å². The van der Waals surface area contributed by atoms with Gasteiger partial charge in [-0.1, -0.05) is 201 Å². The van der Waals surface area contributed by atoms with Crippen molar-refractivity contribution >= 4 is 23.3 Å². The highest BCUT2D eigenvalue weighted by molar-refractivity contribution is 5.73. The van der Waals surface area contributed by atoms with Crippen molar-refractivity contribution < 1.29 is 19.1 Å². The Morgan fingerprint density at radius 2 is 0.873 bits per heavy atom. The smallest absolute Gasteiger partial charge is 0.305 e. The van der Waals surface area contributed by atoms with Crippen molar-refractivity contribution in [1.29, 1.82) is 0 Å². The van der Waals surface area contributed by atoms with E-state index >= 15 is 0 Å². The van der Waals surface area contributed by atoms with Crippen LogP contribution in [0.25, 0.3) is 0 Å². The van der Waals surface area contributed by atoms with Crippen molar-refractivity contribution in [2.75, 3.05) is 70.2 Å². The second kappa shape index (κ2) is 45.0. The van der Waals surface area contributed by atoms with Crippen LogP contribution in [-0.2, 0) is 19.1 Å². The van der Waals surface area contributed by atoms with Gasteiger partial charge in [0, 0.05) is 52.1 Å². The average Bonchev–Trinajstić information content (AvgIpc) is 3.35. The molecule has 0 spiro atoms. The molecule has 0 radical (unpaired) electrons. The zero-order valence-electron chi connectivity index (χ0n) is 47.3. The minimum absolute atomic E-state index is 0.0188. The monoisotopic (exact) mass is 999 g/mol. The summed E-state index contributed by atoms with van der Waals surface area (Å²) >= 11 is 0. The summed E-state index contributed by atoms with van der Waals surface area (Å²) in [6.07, 6.45) is 46.5. The molecule has 1 saturated carbocycles. The van der Waals surface area contributed by atoms with Crippen molar-refractivity contribution in [1.82, 2.24) is 9.80 Å². The van der Waals surface area contributed by atoms with Crippen molar-refractivity contribution in [3.63, 3.8) is 0 Å². The van der Waals surface area contributed by atoms with Crippen LogP contribution in [0.5, 0.6) is 0 Å². The molecule has 0 atom stereocenters. The van der Waals surface area contributed by atoms with E-state index in [1.165, 1.54) is 199 Å². The number of carbonyl (C=O) groups excluding carboxylic acids is 2. The van der Waals surface area contributed by atoms with E-state index in [1.807, 2.05) is 0 Å². The molecule has 2 N–H and O–H groups in total. The second-order valence-corrected chi connectivity index (χ2v) is 22.0. The molecule has 0 heterocycles. The summed E-state index contributed by atoms with van der Waals surface area (Å²) in [4.78, 5) is 55.4. The summed E-state index contributed by atoms with van der Waals surface area (Å²) < 4.78 is 11.9. The van der Waals surface area contributed by atoms with Crippen LogP contribution in [-0.4, -0.2) is 87.3 Å². The molecular weight excluding hydrogens is 885 g/mol. The molecule has 0 unspecified atom stereocenters. The quantitative estimate of drug-likeness (QED) is 0.0371. The van der Waals surface area contributed by atoms with E-state index in [4.69, 9.17) is 9.47 Å². The van der Waals surface area contributed by atoms with Gasteiger partial charge in [-0.15, -0.1) is 0 Å². The number of anilines is 2. The van der Waals surface area contributed by atoms with E-state index in [0.29, 0.717) is 61.9 Å². The Balaban J connectivity index is 1.83. The predicted octanol–water partition coefficient (Wildman–Crippen LogP) is 15.3. The fourth-order valence-electron chi connectivity index (χ4n) is 10.6. The summed E-state index contributed by atoms with van der Waals surface area (Å²) in [6.45, 7) is 15.5. The number of unbranched alkanes of at least 4 members (excludes halogenated alkanes) is 24. The van der Waals surface area contributed by atoms with Gasteiger partial charge < -0.3 is 25.0 Å². The first-order chi connectivity index (χ1) is 34.8. The van der Waals surface area contributed by atoms with Crippen molar-refractivity contribution in [3.8, 4) is 0 Å². The standard InChI is InChI=1S/C61H114N4O6/c1-6-10-14-18-22-28-37-53(38-29-23-19-15-11-7-2)51-70-56(66)43-32-26-34-46-64(48-45-63-59-58(62-5)60(68)61(59)69)49-50-65(55-41-36-42-55)47-35-27-33-44-57(67)71-52-54(39-30-24-20-16-12-8-3)40-31-25-21-17-13-9-4/h53-55,62-63H,6-52H2,1-5H3.